The normalized spacial score (nSPS) is 31.2. The molecule has 1 amide bonds. The fourth-order valence-corrected chi connectivity index (χ4v) is 6.75. The first-order valence-corrected chi connectivity index (χ1v) is 11.6. The maximum atomic E-state index is 12.5. The number of aliphatic hydroxyl groups excluding tert-OH is 2. The van der Waals surface area contributed by atoms with Gasteiger partial charge in [-0.05, 0) is 19.8 Å². The van der Waals surface area contributed by atoms with Crippen molar-refractivity contribution in [2.75, 3.05) is 13.2 Å². The van der Waals surface area contributed by atoms with Crippen molar-refractivity contribution in [2.45, 2.75) is 56.7 Å². The number of aliphatic carboxylic acids is 1. The molecule has 2 fully saturated rings. The van der Waals surface area contributed by atoms with Crippen LogP contribution < -0.4 is 10.00 Å². The summed E-state index contributed by atoms with van der Waals surface area (Å²) in [6.07, 6.45) is 5.10. The first-order chi connectivity index (χ1) is 14.7. The number of hydrogen-bond donors (Lipinski definition) is 4. The zero-order valence-electron chi connectivity index (χ0n) is 18.1. The van der Waals surface area contributed by atoms with Crippen LogP contribution in [-0.2, 0) is 29.6 Å². The predicted molar refractivity (Wildman–Crippen MR) is 114 cm³/mol. The van der Waals surface area contributed by atoms with E-state index in [2.05, 4.69) is 17.7 Å². The van der Waals surface area contributed by atoms with Gasteiger partial charge in [-0.25, -0.2) is 4.79 Å². The molecule has 6 atom stereocenters. The molecule has 1 aromatic heterocycles. The average molecular weight is 452 g/mol. The van der Waals surface area contributed by atoms with Crippen LogP contribution in [0.3, 0.4) is 0 Å². The standard InChI is InChI=1S/C21H30N4O5S/c1-11-17-16(12(2)27)20(28)25(17)18(21(29)30)19(11)31-15-7-14(22-8-15)6-13-9-23(3)24(10-13)4-5-26/h9-12,14-17,22,26-27H,4-8H2,1-3H3/p+1/t11-,12-,14-,15+,16-,17-/m1/s1. The molecule has 3 aliphatic rings. The van der Waals surface area contributed by atoms with Crippen LogP contribution in [0, 0.1) is 11.8 Å². The van der Waals surface area contributed by atoms with Crippen molar-refractivity contribution in [2.24, 2.45) is 18.9 Å². The quantitative estimate of drug-likeness (QED) is 0.310. The summed E-state index contributed by atoms with van der Waals surface area (Å²) in [5.74, 6) is -1.99. The smallest absolute Gasteiger partial charge is 0.353 e. The highest BCUT2D eigenvalue weighted by atomic mass is 32.2. The van der Waals surface area contributed by atoms with E-state index in [1.54, 1.807) is 18.7 Å². The molecule has 0 aliphatic carbocycles. The molecule has 0 saturated carbocycles. The molecule has 0 aromatic carbocycles. The molecule has 4 heterocycles. The van der Waals surface area contributed by atoms with Gasteiger partial charge in [-0.1, -0.05) is 6.92 Å². The monoisotopic (exact) mass is 451 g/mol. The van der Waals surface area contributed by atoms with Gasteiger partial charge < -0.3 is 25.5 Å². The summed E-state index contributed by atoms with van der Waals surface area (Å²) in [7, 11) is 1.95. The van der Waals surface area contributed by atoms with Crippen LogP contribution in [0.25, 0.3) is 0 Å². The summed E-state index contributed by atoms with van der Waals surface area (Å²) < 4.78 is 3.94. The predicted octanol–water partition coefficient (Wildman–Crippen LogP) is -0.535. The lowest BCUT2D eigenvalue weighted by molar-refractivity contribution is -0.753. The number of β-lactam (4-membered cyclic amide) rings is 1. The number of amides is 1. The number of hydrogen-bond acceptors (Lipinski definition) is 6. The second-order valence-electron chi connectivity index (χ2n) is 8.85. The summed E-state index contributed by atoms with van der Waals surface area (Å²) in [6, 6.07) is 0.0227. The zero-order valence-corrected chi connectivity index (χ0v) is 18.9. The Kier molecular flexibility index (Phi) is 6.17. The Morgan fingerprint density at radius 1 is 1.45 bits per heavy atom. The molecule has 4 rings (SSSR count). The van der Waals surface area contributed by atoms with Crippen LogP contribution in [0.5, 0.6) is 0 Å². The van der Waals surface area contributed by atoms with Crippen molar-refractivity contribution < 1.29 is 29.6 Å². The molecule has 31 heavy (non-hydrogen) atoms. The third kappa shape index (κ3) is 3.90. The summed E-state index contributed by atoms with van der Waals surface area (Å²) in [4.78, 5) is 26.6. The summed E-state index contributed by atoms with van der Waals surface area (Å²) in [6.45, 7) is 4.98. The van der Waals surface area contributed by atoms with E-state index in [-0.39, 0.29) is 41.5 Å². The van der Waals surface area contributed by atoms with Crippen molar-refractivity contribution in [1.29, 1.82) is 0 Å². The van der Waals surface area contributed by atoms with Gasteiger partial charge >= 0.3 is 5.97 Å². The second kappa shape index (κ2) is 8.57. The fourth-order valence-electron chi connectivity index (χ4n) is 5.23. The van der Waals surface area contributed by atoms with E-state index in [1.807, 2.05) is 23.3 Å². The molecule has 9 nitrogen and oxygen atoms in total. The van der Waals surface area contributed by atoms with Gasteiger partial charge in [0.1, 0.15) is 12.2 Å². The van der Waals surface area contributed by atoms with E-state index >= 15 is 0 Å². The van der Waals surface area contributed by atoms with Crippen LogP contribution in [0.1, 0.15) is 25.8 Å². The lowest BCUT2D eigenvalue weighted by Gasteiger charge is -2.46. The number of carboxylic acids is 1. The number of nitrogens with zero attached hydrogens (tertiary/aromatic N) is 3. The van der Waals surface area contributed by atoms with Crippen molar-refractivity contribution in [1.82, 2.24) is 14.9 Å². The molecule has 0 bridgehead atoms. The van der Waals surface area contributed by atoms with E-state index in [9.17, 15) is 19.8 Å². The highest BCUT2D eigenvalue weighted by molar-refractivity contribution is 8.03. The number of aromatic nitrogens is 2. The third-order valence-corrected chi connectivity index (χ3v) is 8.18. The molecule has 0 radical (unpaired) electrons. The minimum Gasteiger partial charge on any atom is -0.477 e. The number of carbonyl (C=O) groups is 2. The molecule has 0 unspecified atom stereocenters. The summed E-state index contributed by atoms with van der Waals surface area (Å²) in [5, 5.41) is 32.7. The number of thioether (sulfide) groups is 1. The highest BCUT2D eigenvalue weighted by Crippen LogP contribution is 2.51. The van der Waals surface area contributed by atoms with Crippen molar-refractivity contribution >= 4 is 23.6 Å². The molecule has 0 spiro atoms. The first kappa shape index (κ1) is 22.3. The number of aryl methyl sites for hydroxylation is 1. The Balaban J connectivity index is 1.43. The Bertz CT molecular complexity index is 914. The van der Waals surface area contributed by atoms with Crippen LogP contribution in [0.15, 0.2) is 23.0 Å². The summed E-state index contributed by atoms with van der Waals surface area (Å²) in [5.41, 5.74) is 1.29. The van der Waals surface area contributed by atoms with Gasteiger partial charge in [0.05, 0.1) is 30.9 Å². The average Bonchev–Trinajstić information content (AvgIpc) is 3.33. The Morgan fingerprint density at radius 3 is 2.84 bits per heavy atom. The van der Waals surface area contributed by atoms with E-state index in [1.165, 1.54) is 10.5 Å². The van der Waals surface area contributed by atoms with Gasteiger partial charge in [-0.15, -0.1) is 16.4 Å². The Labute approximate surface area is 185 Å². The summed E-state index contributed by atoms with van der Waals surface area (Å²) >= 11 is 1.57. The highest BCUT2D eigenvalue weighted by Gasteiger charge is 2.60. The molecule has 170 valence electrons. The minimum absolute atomic E-state index is 0.0952. The molecule has 3 aliphatic heterocycles. The lowest BCUT2D eigenvalue weighted by atomic mass is 9.79. The van der Waals surface area contributed by atoms with Crippen LogP contribution in [-0.4, -0.2) is 73.4 Å². The second-order valence-corrected chi connectivity index (χ2v) is 10.2. The maximum Gasteiger partial charge on any atom is 0.353 e. The van der Waals surface area contributed by atoms with Crippen LogP contribution in [0.4, 0.5) is 0 Å². The first-order valence-electron chi connectivity index (χ1n) is 10.8. The molecule has 1 aromatic rings. The lowest BCUT2D eigenvalue weighted by Crippen LogP contribution is -2.63. The number of carbonyl (C=O) groups excluding carboxylic acids is 1. The van der Waals surface area contributed by atoms with E-state index in [0.29, 0.717) is 6.54 Å². The van der Waals surface area contributed by atoms with Gasteiger partial charge in [0.2, 0.25) is 5.91 Å². The van der Waals surface area contributed by atoms with Gasteiger partial charge in [-0.3, -0.25) is 4.79 Å². The van der Waals surface area contributed by atoms with Crippen molar-refractivity contribution in [3.05, 3.63) is 28.6 Å². The van der Waals surface area contributed by atoms with Gasteiger partial charge in [0, 0.05) is 34.2 Å². The number of fused-ring (bicyclic) bond motifs is 1. The Morgan fingerprint density at radius 2 is 2.19 bits per heavy atom. The fraction of sp³-hybridized carbons (Fsp3) is 0.667. The van der Waals surface area contributed by atoms with Gasteiger partial charge in [0.25, 0.3) is 0 Å². The van der Waals surface area contributed by atoms with Crippen molar-refractivity contribution in [3.63, 3.8) is 0 Å². The molecule has 4 N–H and O–H groups in total. The third-order valence-electron chi connectivity index (χ3n) is 6.67. The van der Waals surface area contributed by atoms with Crippen LogP contribution >= 0.6 is 11.8 Å². The van der Waals surface area contributed by atoms with Gasteiger partial charge in [0.15, 0.2) is 13.2 Å². The molecule has 2 saturated heterocycles. The number of carboxylic acid groups (broad SMARTS) is 1. The molecular weight excluding hydrogens is 420 g/mol. The zero-order chi connectivity index (χ0) is 22.4. The largest absolute Gasteiger partial charge is 0.477 e. The SMILES string of the molecule is C[C@@H](O)[C@H]1C(=O)N2C(C(=O)O)=C(S[C@@H]3CN[C@H](Cc4cn(CCO)[n+](C)c4)C3)[C@H](C)[C@H]12. The number of aliphatic hydroxyl groups is 2. The Hall–Kier alpha value is -1.88. The van der Waals surface area contributed by atoms with E-state index < -0.39 is 18.0 Å². The maximum absolute atomic E-state index is 12.5. The van der Waals surface area contributed by atoms with Crippen molar-refractivity contribution in [3.8, 4) is 0 Å². The molecular formula is C21H31N4O5S+. The number of nitrogens with one attached hydrogen (secondary N) is 1. The topological polar surface area (TPSA) is 119 Å². The van der Waals surface area contributed by atoms with E-state index in [4.69, 9.17) is 5.11 Å². The number of rotatable bonds is 8. The molecule has 10 heteroatoms. The van der Waals surface area contributed by atoms with Gasteiger partial charge in [-0.2, -0.15) is 4.68 Å². The van der Waals surface area contributed by atoms with Crippen LogP contribution in [0.2, 0.25) is 0 Å². The minimum atomic E-state index is -1.07. The van der Waals surface area contributed by atoms with E-state index in [0.717, 1.165) is 24.3 Å².